The molecule has 0 aromatic heterocycles. The Bertz CT molecular complexity index is 754. The van der Waals surface area contributed by atoms with Crippen LogP contribution in [-0.2, 0) is 11.3 Å². The maximum Gasteiger partial charge on any atom is 0.239 e. The largest absolute Gasteiger partial charge is 0.337 e. The van der Waals surface area contributed by atoms with Crippen molar-refractivity contribution in [1.82, 2.24) is 9.80 Å². The summed E-state index contributed by atoms with van der Waals surface area (Å²) in [6, 6.07) is 13.4. The van der Waals surface area contributed by atoms with E-state index in [1.807, 2.05) is 0 Å². The summed E-state index contributed by atoms with van der Waals surface area (Å²) in [6.45, 7) is 7.08. The quantitative estimate of drug-likeness (QED) is 0.849. The van der Waals surface area contributed by atoms with Crippen molar-refractivity contribution in [2.24, 2.45) is 0 Å². The number of fused-ring (bicyclic) bond motifs is 2. The van der Waals surface area contributed by atoms with Gasteiger partial charge in [0.1, 0.15) is 0 Å². The molecule has 2 aliphatic heterocycles. The second-order valence-electron chi connectivity index (χ2n) is 7.02. The highest BCUT2D eigenvalue weighted by Crippen LogP contribution is 2.29. The molecule has 2 aromatic carbocycles. The number of aryl methyl sites for hydroxylation is 1. The molecular weight excluding hydrogens is 284 g/mol. The highest BCUT2D eigenvalue weighted by molar-refractivity contribution is 5.87. The maximum atomic E-state index is 12.6. The van der Waals surface area contributed by atoms with Crippen molar-refractivity contribution in [3.63, 3.8) is 0 Å². The first-order chi connectivity index (χ1) is 11.1. The summed E-state index contributed by atoms with van der Waals surface area (Å²) in [6.07, 6.45) is 2.31. The van der Waals surface area contributed by atoms with Crippen LogP contribution in [0.5, 0.6) is 0 Å². The smallest absolute Gasteiger partial charge is 0.239 e. The zero-order valence-corrected chi connectivity index (χ0v) is 14.0. The molecule has 2 aromatic rings. The predicted octanol–water partition coefficient (Wildman–Crippen LogP) is 3.34. The van der Waals surface area contributed by atoms with E-state index in [1.165, 1.54) is 21.9 Å². The molecule has 0 unspecified atom stereocenters. The molecule has 0 spiro atoms. The van der Waals surface area contributed by atoms with Crippen LogP contribution in [0.4, 0.5) is 0 Å². The molecule has 1 amide bonds. The normalized spacial score (nSPS) is 25.1. The lowest BCUT2D eigenvalue weighted by Crippen LogP contribution is -2.58. The molecule has 120 valence electrons. The molecule has 0 radical (unpaired) electrons. The molecule has 2 heterocycles. The van der Waals surface area contributed by atoms with Gasteiger partial charge in [0.15, 0.2) is 0 Å². The van der Waals surface area contributed by atoms with Gasteiger partial charge >= 0.3 is 0 Å². The second kappa shape index (κ2) is 5.64. The number of nitrogens with zero attached hydrogens (tertiary/aromatic N) is 2. The van der Waals surface area contributed by atoms with E-state index in [1.54, 1.807) is 0 Å². The summed E-state index contributed by atoms with van der Waals surface area (Å²) >= 11 is 0. The van der Waals surface area contributed by atoms with Gasteiger partial charge in [-0.3, -0.25) is 9.69 Å². The van der Waals surface area contributed by atoms with E-state index in [4.69, 9.17) is 0 Å². The Labute approximate surface area is 137 Å². The Hall–Kier alpha value is -1.87. The van der Waals surface area contributed by atoms with Crippen molar-refractivity contribution in [1.29, 1.82) is 0 Å². The fourth-order valence-corrected chi connectivity index (χ4v) is 4.20. The van der Waals surface area contributed by atoms with Crippen molar-refractivity contribution in [2.45, 2.75) is 45.3 Å². The molecule has 0 bridgehead atoms. The van der Waals surface area contributed by atoms with Gasteiger partial charge in [-0.1, -0.05) is 36.4 Å². The first kappa shape index (κ1) is 14.7. The number of rotatable bonds is 2. The van der Waals surface area contributed by atoms with Gasteiger partial charge in [0, 0.05) is 25.7 Å². The molecule has 3 heteroatoms. The number of carbonyl (C=O) groups excluding carboxylic acids is 1. The van der Waals surface area contributed by atoms with Crippen LogP contribution in [0.15, 0.2) is 36.4 Å². The van der Waals surface area contributed by atoms with E-state index in [0.717, 1.165) is 32.5 Å². The lowest BCUT2D eigenvalue weighted by molar-refractivity contribution is -0.143. The molecular formula is C20H24N2O. The van der Waals surface area contributed by atoms with E-state index in [2.05, 4.69) is 60.0 Å². The number of hydrogen-bond acceptors (Lipinski definition) is 2. The molecule has 2 aliphatic rings. The van der Waals surface area contributed by atoms with Gasteiger partial charge < -0.3 is 4.90 Å². The molecule has 2 fully saturated rings. The lowest BCUT2D eigenvalue weighted by Gasteiger charge is -2.41. The van der Waals surface area contributed by atoms with Crippen LogP contribution in [0.3, 0.4) is 0 Å². The SMILES string of the molecule is Cc1ccc2ccccc2c1CN1C[C@H]2CCCN2C(=O)[C@H]1C. The van der Waals surface area contributed by atoms with Crippen LogP contribution in [0, 0.1) is 6.92 Å². The van der Waals surface area contributed by atoms with Crippen molar-refractivity contribution >= 4 is 16.7 Å². The van der Waals surface area contributed by atoms with Crippen LogP contribution in [0.2, 0.25) is 0 Å². The fourth-order valence-electron chi connectivity index (χ4n) is 4.20. The summed E-state index contributed by atoms with van der Waals surface area (Å²) < 4.78 is 0. The van der Waals surface area contributed by atoms with Crippen molar-refractivity contribution in [3.05, 3.63) is 47.5 Å². The Kier molecular flexibility index (Phi) is 3.61. The maximum absolute atomic E-state index is 12.6. The van der Waals surface area contributed by atoms with Gasteiger partial charge in [0.2, 0.25) is 5.91 Å². The van der Waals surface area contributed by atoms with Crippen molar-refractivity contribution < 1.29 is 4.79 Å². The molecule has 0 saturated carbocycles. The Morgan fingerprint density at radius 2 is 2.00 bits per heavy atom. The first-order valence-electron chi connectivity index (χ1n) is 8.67. The zero-order chi connectivity index (χ0) is 16.0. The minimum absolute atomic E-state index is 0.0114. The average Bonchev–Trinajstić information content (AvgIpc) is 3.03. The summed E-state index contributed by atoms with van der Waals surface area (Å²) in [5.74, 6) is 0.316. The van der Waals surface area contributed by atoms with E-state index in [-0.39, 0.29) is 6.04 Å². The van der Waals surface area contributed by atoms with E-state index < -0.39 is 0 Å². The van der Waals surface area contributed by atoms with Crippen molar-refractivity contribution in [2.75, 3.05) is 13.1 Å². The minimum Gasteiger partial charge on any atom is -0.337 e. The Morgan fingerprint density at radius 1 is 1.17 bits per heavy atom. The fraction of sp³-hybridized carbons (Fsp3) is 0.450. The number of benzene rings is 2. The highest BCUT2D eigenvalue weighted by Gasteiger charge is 2.40. The van der Waals surface area contributed by atoms with Gasteiger partial charge in [-0.25, -0.2) is 0 Å². The molecule has 2 atom stereocenters. The number of carbonyl (C=O) groups is 1. The third-order valence-electron chi connectivity index (χ3n) is 5.65. The van der Waals surface area contributed by atoms with Gasteiger partial charge in [-0.2, -0.15) is 0 Å². The van der Waals surface area contributed by atoms with Gasteiger partial charge in [-0.15, -0.1) is 0 Å². The van der Waals surface area contributed by atoms with Gasteiger partial charge in [-0.05, 0) is 48.6 Å². The van der Waals surface area contributed by atoms with Gasteiger partial charge in [0.25, 0.3) is 0 Å². The summed E-state index contributed by atoms with van der Waals surface area (Å²) in [4.78, 5) is 17.1. The monoisotopic (exact) mass is 308 g/mol. The standard InChI is InChI=1S/C20H24N2O/c1-14-9-10-16-6-3-4-8-18(16)19(14)13-21-12-17-7-5-11-22(17)20(23)15(21)2/h3-4,6,8-10,15,17H,5,7,11-13H2,1-2H3/t15-,17-/m1/s1. The average molecular weight is 308 g/mol. The highest BCUT2D eigenvalue weighted by atomic mass is 16.2. The Balaban J connectivity index is 1.68. The molecule has 4 rings (SSSR count). The van der Waals surface area contributed by atoms with Crippen LogP contribution in [0.25, 0.3) is 10.8 Å². The summed E-state index contributed by atoms with van der Waals surface area (Å²) in [7, 11) is 0. The van der Waals surface area contributed by atoms with Crippen LogP contribution < -0.4 is 0 Å². The summed E-state index contributed by atoms with van der Waals surface area (Å²) in [5.41, 5.74) is 2.69. The molecule has 3 nitrogen and oxygen atoms in total. The zero-order valence-electron chi connectivity index (χ0n) is 14.0. The van der Waals surface area contributed by atoms with Crippen LogP contribution in [0.1, 0.15) is 30.9 Å². The molecule has 0 N–H and O–H groups in total. The van der Waals surface area contributed by atoms with Gasteiger partial charge in [0.05, 0.1) is 6.04 Å². The summed E-state index contributed by atoms with van der Waals surface area (Å²) in [5, 5.41) is 2.60. The number of hydrogen-bond donors (Lipinski definition) is 0. The Morgan fingerprint density at radius 3 is 2.87 bits per heavy atom. The molecule has 23 heavy (non-hydrogen) atoms. The van der Waals surface area contributed by atoms with E-state index in [9.17, 15) is 4.79 Å². The van der Waals surface area contributed by atoms with E-state index >= 15 is 0 Å². The third-order valence-corrected chi connectivity index (χ3v) is 5.65. The van der Waals surface area contributed by atoms with Crippen LogP contribution in [-0.4, -0.2) is 40.9 Å². The minimum atomic E-state index is -0.0114. The second-order valence-corrected chi connectivity index (χ2v) is 7.02. The predicted molar refractivity (Wildman–Crippen MR) is 93.3 cm³/mol. The van der Waals surface area contributed by atoms with E-state index in [0.29, 0.717) is 11.9 Å². The number of piperazine rings is 1. The topological polar surface area (TPSA) is 23.6 Å². The molecule has 2 saturated heterocycles. The lowest BCUT2D eigenvalue weighted by atomic mass is 9.97. The van der Waals surface area contributed by atoms with Crippen LogP contribution >= 0.6 is 0 Å². The number of amides is 1. The van der Waals surface area contributed by atoms with Crippen molar-refractivity contribution in [3.8, 4) is 0 Å². The first-order valence-corrected chi connectivity index (χ1v) is 8.67. The molecule has 0 aliphatic carbocycles. The third kappa shape index (κ3) is 2.43.